The van der Waals surface area contributed by atoms with Crippen LogP contribution in [0.5, 0.6) is 0 Å². The highest BCUT2D eigenvalue weighted by Crippen LogP contribution is 2.24. The average molecular weight is 274 g/mol. The van der Waals surface area contributed by atoms with Crippen molar-refractivity contribution in [1.82, 2.24) is 0 Å². The summed E-state index contributed by atoms with van der Waals surface area (Å²) >= 11 is 0. The summed E-state index contributed by atoms with van der Waals surface area (Å²) in [6, 6.07) is 15.6. The Labute approximate surface area is 121 Å². The van der Waals surface area contributed by atoms with Crippen molar-refractivity contribution in [3.05, 3.63) is 77.0 Å². The highest BCUT2D eigenvalue weighted by atomic mass is 16.1. The molecule has 100 valence electrons. The number of nitrogens with one attached hydrogen (secondary N) is 1. The molecule has 2 aromatic rings. The van der Waals surface area contributed by atoms with Crippen molar-refractivity contribution in [1.29, 1.82) is 5.26 Å². The average Bonchev–Trinajstić information content (AvgIpc) is 2.53. The molecule has 0 saturated heterocycles. The van der Waals surface area contributed by atoms with Gasteiger partial charge in [0.25, 0.3) is 0 Å². The number of carbonyl (C=O) groups excluding carboxylic acids is 2. The molecular weight excluding hydrogens is 264 g/mol. The molecule has 0 aromatic heterocycles. The first-order chi connectivity index (χ1) is 10.2. The minimum absolute atomic E-state index is 0.182. The van der Waals surface area contributed by atoms with Gasteiger partial charge in [0, 0.05) is 17.2 Å². The van der Waals surface area contributed by atoms with Gasteiger partial charge in [0.1, 0.15) is 6.07 Å². The number of ketones is 2. The number of Topliss-reactive ketones (excluding diaryl/α,β-unsaturated/α-hetero) is 1. The monoisotopic (exact) mass is 274 g/mol. The van der Waals surface area contributed by atoms with E-state index in [1.807, 2.05) is 6.07 Å². The van der Waals surface area contributed by atoms with Crippen molar-refractivity contribution in [3.8, 4) is 6.07 Å². The second kappa shape index (κ2) is 5.06. The molecule has 0 fully saturated rings. The molecule has 21 heavy (non-hydrogen) atoms. The number of anilines is 1. The van der Waals surface area contributed by atoms with E-state index < -0.39 is 0 Å². The first-order valence-corrected chi connectivity index (χ1v) is 6.36. The van der Waals surface area contributed by atoms with Gasteiger partial charge in [-0.2, -0.15) is 5.26 Å². The Morgan fingerprint density at radius 3 is 2.33 bits per heavy atom. The van der Waals surface area contributed by atoms with E-state index in [2.05, 4.69) is 5.32 Å². The standard InChI is InChI=1S/C17H10N2O2/c18-10-11-5-1-4-8-14(11)19-15-9-16(20)12-6-2-3-7-13(12)17(15)21/h1-9,19H. The van der Waals surface area contributed by atoms with Crippen LogP contribution in [0.2, 0.25) is 0 Å². The van der Waals surface area contributed by atoms with Gasteiger partial charge in [-0.05, 0) is 12.1 Å². The van der Waals surface area contributed by atoms with Gasteiger partial charge in [-0.1, -0.05) is 36.4 Å². The van der Waals surface area contributed by atoms with Gasteiger partial charge in [-0.15, -0.1) is 0 Å². The lowest BCUT2D eigenvalue weighted by Crippen LogP contribution is -2.21. The molecule has 0 radical (unpaired) electrons. The lowest BCUT2D eigenvalue weighted by Gasteiger charge is -2.16. The topological polar surface area (TPSA) is 70.0 Å². The molecule has 0 spiro atoms. The molecule has 3 rings (SSSR count). The molecule has 0 heterocycles. The van der Waals surface area contributed by atoms with Crippen molar-refractivity contribution >= 4 is 17.3 Å². The third kappa shape index (κ3) is 2.21. The fourth-order valence-corrected chi connectivity index (χ4v) is 2.24. The van der Waals surface area contributed by atoms with Crippen LogP contribution >= 0.6 is 0 Å². The predicted octanol–water partition coefficient (Wildman–Crippen LogP) is 2.93. The van der Waals surface area contributed by atoms with Gasteiger partial charge >= 0.3 is 0 Å². The zero-order chi connectivity index (χ0) is 14.8. The van der Waals surface area contributed by atoms with Gasteiger partial charge in [-0.3, -0.25) is 9.59 Å². The third-order valence-electron chi connectivity index (χ3n) is 3.27. The van der Waals surface area contributed by atoms with E-state index in [1.54, 1.807) is 48.5 Å². The summed E-state index contributed by atoms with van der Waals surface area (Å²) < 4.78 is 0. The van der Waals surface area contributed by atoms with Crippen molar-refractivity contribution in [2.75, 3.05) is 5.32 Å². The summed E-state index contributed by atoms with van der Waals surface area (Å²) in [6.45, 7) is 0. The molecular formula is C17H10N2O2. The maximum absolute atomic E-state index is 12.4. The van der Waals surface area contributed by atoms with Crippen molar-refractivity contribution in [2.24, 2.45) is 0 Å². The molecule has 0 amide bonds. The van der Waals surface area contributed by atoms with E-state index in [4.69, 9.17) is 5.26 Å². The van der Waals surface area contributed by atoms with Crippen molar-refractivity contribution < 1.29 is 9.59 Å². The number of hydrogen-bond acceptors (Lipinski definition) is 4. The van der Waals surface area contributed by atoms with Crippen LogP contribution in [0.15, 0.2) is 60.3 Å². The summed E-state index contributed by atoms with van der Waals surface area (Å²) in [6.07, 6.45) is 1.28. The number of benzene rings is 2. The van der Waals surface area contributed by atoms with Crippen molar-refractivity contribution in [3.63, 3.8) is 0 Å². The highest BCUT2D eigenvalue weighted by molar-refractivity contribution is 6.25. The number of rotatable bonds is 2. The van der Waals surface area contributed by atoms with Gasteiger partial charge in [0.15, 0.2) is 5.78 Å². The summed E-state index contributed by atoms with van der Waals surface area (Å²) in [7, 11) is 0. The number of para-hydroxylation sites is 1. The number of fused-ring (bicyclic) bond motifs is 1. The number of allylic oxidation sites excluding steroid dienone is 2. The fraction of sp³-hybridized carbons (Fsp3) is 0. The lowest BCUT2D eigenvalue weighted by atomic mass is 9.92. The Balaban J connectivity index is 2.00. The zero-order valence-electron chi connectivity index (χ0n) is 11.0. The molecule has 4 heteroatoms. The van der Waals surface area contributed by atoms with Crippen LogP contribution in [0.4, 0.5) is 5.69 Å². The van der Waals surface area contributed by atoms with Gasteiger partial charge < -0.3 is 5.32 Å². The Bertz CT molecular complexity index is 829. The van der Waals surface area contributed by atoms with Gasteiger partial charge in [-0.25, -0.2) is 0 Å². The number of hydrogen-bond donors (Lipinski definition) is 1. The molecule has 0 unspecified atom stereocenters. The smallest absolute Gasteiger partial charge is 0.210 e. The van der Waals surface area contributed by atoms with Gasteiger partial charge in [0.05, 0.1) is 16.9 Å². The Morgan fingerprint density at radius 2 is 1.57 bits per heavy atom. The predicted molar refractivity (Wildman–Crippen MR) is 78.0 cm³/mol. The van der Waals surface area contributed by atoms with E-state index >= 15 is 0 Å². The normalized spacial score (nSPS) is 13.2. The second-order valence-electron chi connectivity index (χ2n) is 4.58. The molecule has 0 aliphatic heterocycles. The van der Waals surface area contributed by atoms with Crippen LogP contribution < -0.4 is 5.32 Å². The molecule has 1 N–H and O–H groups in total. The first kappa shape index (κ1) is 12.8. The Morgan fingerprint density at radius 1 is 0.905 bits per heavy atom. The van der Waals surface area contributed by atoms with Crippen LogP contribution in [0.3, 0.4) is 0 Å². The van der Waals surface area contributed by atoms with Crippen LogP contribution in [0.25, 0.3) is 0 Å². The lowest BCUT2D eigenvalue weighted by molar-refractivity contribution is 0.0985. The largest absolute Gasteiger partial charge is 0.351 e. The summed E-state index contributed by atoms with van der Waals surface area (Å²) in [5, 5.41) is 12.0. The van der Waals surface area contributed by atoms with Gasteiger partial charge in [0.2, 0.25) is 5.78 Å². The molecule has 1 aliphatic rings. The fourth-order valence-electron chi connectivity index (χ4n) is 2.24. The van der Waals surface area contributed by atoms with E-state index in [0.717, 1.165) is 0 Å². The van der Waals surface area contributed by atoms with Crippen LogP contribution in [-0.2, 0) is 0 Å². The number of carbonyl (C=O) groups is 2. The SMILES string of the molecule is N#Cc1ccccc1NC1=CC(=O)c2ccccc2C1=O. The molecule has 1 aliphatic carbocycles. The zero-order valence-corrected chi connectivity index (χ0v) is 11.0. The maximum Gasteiger partial charge on any atom is 0.210 e. The maximum atomic E-state index is 12.4. The van der Waals surface area contributed by atoms with E-state index in [9.17, 15) is 9.59 Å². The number of nitrogens with zero attached hydrogens (tertiary/aromatic N) is 1. The van der Waals surface area contributed by atoms with E-state index in [-0.39, 0.29) is 17.3 Å². The third-order valence-corrected chi connectivity index (χ3v) is 3.27. The highest BCUT2D eigenvalue weighted by Gasteiger charge is 2.25. The van der Waals surface area contributed by atoms with Crippen LogP contribution in [0.1, 0.15) is 26.3 Å². The Kier molecular flexibility index (Phi) is 3.09. The summed E-state index contributed by atoms with van der Waals surface area (Å²) in [5.74, 6) is -0.472. The quantitative estimate of drug-likeness (QED) is 0.914. The minimum Gasteiger partial charge on any atom is -0.351 e. The molecule has 4 nitrogen and oxygen atoms in total. The Hall–Kier alpha value is -3.19. The van der Waals surface area contributed by atoms with Crippen molar-refractivity contribution in [2.45, 2.75) is 0 Å². The molecule has 0 bridgehead atoms. The van der Waals surface area contributed by atoms with Crippen LogP contribution in [0, 0.1) is 11.3 Å². The molecule has 0 atom stereocenters. The second-order valence-corrected chi connectivity index (χ2v) is 4.58. The van der Waals surface area contributed by atoms with E-state index in [1.165, 1.54) is 6.08 Å². The summed E-state index contributed by atoms with van der Waals surface area (Å²) in [5.41, 5.74) is 1.88. The first-order valence-electron chi connectivity index (χ1n) is 6.36. The van der Waals surface area contributed by atoms with Crippen LogP contribution in [-0.4, -0.2) is 11.6 Å². The minimum atomic E-state index is -0.252. The molecule has 2 aromatic carbocycles. The number of nitriles is 1. The molecule has 0 saturated carbocycles. The summed E-state index contributed by atoms with van der Waals surface area (Å²) in [4.78, 5) is 24.5. The van der Waals surface area contributed by atoms with E-state index in [0.29, 0.717) is 22.4 Å².